The minimum atomic E-state index is 0.137. The average molecular weight is 337 g/mol. The van der Waals surface area contributed by atoms with Gasteiger partial charge in [-0.05, 0) is 58.0 Å². The Morgan fingerprint density at radius 2 is 2.41 bits per heavy atom. The number of anilines is 1. The number of nitrogens with one attached hydrogen (secondary N) is 1. The van der Waals surface area contributed by atoms with E-state index < -0.39 is 0 Å². The molecule has 0 saturated carbocycles. The molecule has 2 unspecified atom stereocenters. The minimum absolute atomic E-state index is 0.137. The lowest BCUT2D eigenvalue weighted by Gasteiger charge is -2.23. The number of hydrogen-bond donors (Lipinski definition) is 2. The normalized spacial score (nSPS) is 21.5. The summed E-state index contributed by atoms with van der Waals surface area (Å²) in [5.41, 5.74) is 0.997. The molecule has 2 atom stereocenters. The molecule has 1 saturated heterocycles. The number of aliphatic hydroxyl groups excluding tert-OH is 1. The van der Waals surface area contributed by atoms with E-state index in [1.54, 1.807) is 0 Å². The number of hydrogen-bond acceptors (Lipinski definition) is 3. The molecule has 1 aliphatic rings. The smallest absolute Gasteiger partial charge is 0.0635 e. The van der Waals surface area contributed by atoms with E-state index in [0.29, 0.717) is 10.9 Å². The van der Waals surface area contributed by atoms with Crippen molar-refractivity contribution in [3.05, 3.63) is 27.7 Å². The van der Waals surface area contributed by atoms with Gasteiger partial charge in [-0.15, -0.1) is 0 Å². The van der Waals surface area contributed by atoms with Crippen LogP contribution in [0.1, 0.15) is 6.42 Å². The van der Waals surface area contributed by atoms with E-state index in [-0.39, 0.29) is 12.6 Å². The van der Waals surface area contributed by atoms with Crippen molar-refractivity contribution >= 4 is 45.0 Å². The molecule has 1 heterocycles. The largest absolute Gasteiger partial charge is 0.394 e. The van der Waals surface area contributed by atoms with E-state index in [0.717, 1.165) is 15.9 Å². The molecule has 0 aromatic heterocycles. The Morgan fingerprint density at radius 3 is 3.00 bits per heavy atom. The van der Waals surface area contributed by atoms with E-state index in [9.17, 15) is 5.11 Å². The predicted molar refractivity (Wildman–Crippen MR) is 79.1 cm³/mol. The highest BCUT2D eigenvalue weighted by atomic mass is 79.9. The molecule has 2 rings (SSSR count). The lowest BCUT2D eigenvalue weighted by atomic mass is 9.99. The molecule has 0 spiro atoms. The number of benzene rings is 1. The second kappa shape index (κ2) is 6.32. The van der Waals surface area contributed by atoms with Crippen molar-refractivity contribution in [2.75, 3.05) is 23.4 Å². The van der Waals surface area contributed by atoms with E-state index in [4.69, 9.17) is 11.6 Å². The molecule has 0 bridgehead atoms. The van der Waals surface area contributed by atoms with Gasteiger partial charge in [-0.2, -0.15) is 11.8 Å². The number of thioether (sulfide) groups is 1. The molecule has 94 valence electrons. The van der Waals surface area contributed by atoms with Crippen LogP contribution in [0.2, 0.25) is 5.02 Å². The first-order valence-electron chi connectivity index (χ1n) is 5.61. The Hall–Kier alpha value is 0.1000. The molecule has 0 radical (unpaired) electrons. The number of halogens is 2. The first kappa shape index (κ1) is 13.5. The first-order valence-corrected chi connectivity index (χ1v) is 7.93. The van der Waals surface area contributed by atoms with Crippen LogP contribution in [0.15, 0.2) is 22.7 Å². The Morgan fingerprint density at radius 1 is 1.59 bits per heavy atom. The number of rotatable bonds is 4. The molecule has 17 heavy (non-hydrogen) atoms. The van der Waals surface area contributed by atoms with Gasteiger partial charge >= 0.3 is 0 Å². The van der Waals surface area contributed by atoms with Crippen molar-refractivity contribution in [2.45, 2.75) is 12.5 Å². The summed E-state index contributed by atoms with van der Waals surface area (Å²) >= 11 is 11.3. The highest BCUT2D eigenvalue weighted by molar-refractivity contribution is 9.10. The van der Waals surface area contributed by atoms with Gasteiger partial charge in [-0.3, -0.25) is 0 Å². The summed E-state index contributed by atoms with van der Waals surface area (Å²) in [7, 11) is 0. The maximum atomic E-state index is 9.46. The Bertz CT molecular complexity index is 385. The summed E-state index contributed by atoms with van der Waals surface area (Å²) in [4.78, 5) is 0. The Labute approximate surface area is 119 Å². The van der Waals surface area contributed by atoms with Crippen LogP contribution in [-0.2, 0) is 0 Å². The summed E-state index contributed by atoms with van der Waals surface area (Å²) < 4.78 is 0.877. The summed E-state index contributed by atoms with van der Waals surface area (Å²) in [6.45, 7) is 0.172. The Kier molecular flexibility index (Phi) is 5.03. The zero-order chi connectivity index (χ0) is 12.3. The lowest BCUT2D eigenvalue weighted by Crippen LogP contribution is -2.32. The lowest BCUT2D eigenvalue weighted by molar-refractivity contribution is 0.245. The topological polar surface area (TPSA) is 32.3 Å². The van der Waals surface area contributed by atoms with Gasteiger partial charge in [0, 0.05) is 10.2 Å². The van der Waals surface area contributed by atoms with Crippen LogP contribution < -0.4 is 5.32 Å². The quantitative estimate of drug-likeness (QED) is 0.880. The molecule has 2 N–H and O–H groups in total. The second-order valence-corrected chi connectivity index (χ2v) is 6.60. The molecular formula is C12H15BrClNOS. The third-order valence-corrected chi connectivity index (χ3v) is 5.40. The summed E-state index contributed by atoms with van der Waals surface area (Å²) in [5.74, 6) is 2.89. The van der Waals surface area contributed by atoms with Crippen LogP contribution >= 0.6 is 39.3 Å². The van der Waals surface area contributed by atoms with E-state index >= 15 is 0 Å². The Balaban J connectivity index is 2.04. The third kappa shape index (κ3) is 3.53. The van der Waals surface area contributed by atoms with Crippen LogP contribution in [0.4, 0.5) is 5.69 Å². The SMILES string of the molecule is OCC(Nc1ccc(Cl)c(Br)c1)C1CCSC1. The van der Waals surface area contributed by atoms with Gasteiger partial charge in [0.1, 0.15) is 0 Å². The van der Waals surface area contributed by atoms with Gasteiger partial charge in [-0.25, -0.2) is 0 Å². The molecule has 1 fully saturated rings. The monoisotopic (exact) mass is 335 g/mol. The minimum Gasteiger partial charge on any atom is -0.394 e. The second-order valence-electron chi connectivity index (χ2n) is 4.19. The van der Waals surface area contributed by atoms with Crippen molar-refractivity contribution in [1.82, 2.24) is 0 Å². The third-order valence-electron chi connectivity index (χ3n) is 3.00. The molecule has 1 aliphatic heterocycles. The van der Waals surface area contributed by atoms with Crippen molar-refractivity contribution in [3.8, 4) is 0 Å². The fraction of sp³-hybridized carbons (Fsp3) is 0.500. The average Bonchev–Trinajstić information content (AvgIpc) is 2.84. The van der Waals surface area contributed by atoms with Crippen molar-refractivity contribution in [3.63, 3.8) is 0 Å². The van der Waals surface area contributed by atoms with Crippen LogP contribution in [0.25, 0.3) is 0 Å². The highest BCUT2D eigenvalue weighted by Crippen LogP contribution is 2.30. The molecular weight excluding hydrogens is 322 g/mol. The predicted octanol–water partition coefficient (Wildman–Crippen LogP) is 3.63. The molecule has 0 amide bonds. The molecule has 5 heteroatoms. The maximum absolute atomic E-state index is 9.46. The molecule has 0 aliphatic carbocycles. The maximum Gasteiger partial charge on any atom is 0.0635 e. The molecule has 1 aromatic rings. The van der Waals surface area contributed by atoms with Crippen LogP contribution in [0, 0.1) is 5.92 Å². The van der Waals surface area contributed by atoms with Crippen molar-refractivity contribution < 1.29 is 5.11 Å². The fourth-order valence-electron chi connectivity index (χ4n) is 1.98. The van der Waals surface area contributed by atoms with Gasteiger partial charge in [0.25, 0.3) is 0 Å². The summed E-state index contributed by atoms with van der Waals surface area (Å²) in [6, 6.07) is 5.88. The zero-order valence-electron chi connectivity index (χ0n) is 9.33. The van der Waals surface area contributed by atoms with Crippen LogP contribution in [-0.4, -0.2) is 29.3 Å². The highest BCUT2D eigenvalue weighted by Gasteiger charge is 2.24. The molecule has 2 nitrogen and oxygen atoms in total. The van der Waals surface area contributed by atoms with Crippen LogP contribution in [0.5, 0.6) is 0 Å². The van der Waals surface area contributed by atoms with Gasteiger partial charge < -0.3 is 10.4 Å². The summed E-state index contributed by atoms with van der Waals surface area (Å²) in [5, 5.41) is 13.6. The van der Waals surface area contributed by atoms with Gasteiger partial charge in [-0.1, -0.05) is 11.6 Å². The molecule has 1 aromatic carbocycles. The van der Waals surface area contributed by atoms with Gasteiger partial charge in [0.15, 0.2) is 0 Å². The van der Waals surface area contributed by atoms with E-state index in [1.165, 1.54) is 12.2 Å². The zero-order valence-corrected chi connectivity index (χ0v) is 12.5. The standard InChI is InChI=1S/C12H15BrClNOS/c13-10-5-9(1-2-11(10)14)15-12(6-16)8-3-4-17-7-8/h1-2,5,8,12,15-16H,3-4,6-7H2. The first-order chi connectivity index (χ1) is 8.20. The van der Waals surface area contributed by atoms with Gasteiger partial charge in [0.05, 0.1) is 17.7 Å². The van der Waals surface area contributed by atoms with E-state index in [2.05, 4.69) is 21.2 Å². The number of aliphatic hydroxyl groups is 1. The summed E-state index contributed by atoms with van der Waals surface area (Å²) in [6.07, 6.45) is 1.18. The van der Waals surface area contributed by atoms with E-state index in [1.807, 2.05) is 30.0 Å². The van der Waals surface area contributed by atoms with Gasteiger partial charge in [0.2, 0.25) is 0 Å². The van der Waals surface area contributed by atoms with Crippen molar-refractivity contribution in [1.29, 1.82) is 0 Å². The fourth-order valence-corrected chi connectivity index (χ4v) is 3.82. The van der Waals surface area contributed by atoms with Crippen LogP contribution in [0.3, 0.4) is 0 Å². The van der Waals surface area contributed by atoms with Crippen molar-refractivity contribution in [2.24, 2.45) is 5.92 Å².